The van der Waals surface area contributed by atoms with E-state index in [4.69, 9.17) is 0 Å². The van der Waals surface area contributed by atoms with Crippen LogP contribution in [0.15, 0.2) is 60.1 Å². The van der Waals surface area contributed by atoms with Crippen molar-refractivity contribution < 1.29 is 0 Å². The van der Waals surface area contributed by atoms with Crippen molar-refractivity contribution in [1.29, 1.82) is 0 Å². The summed E-state index contributed by atoms with van der Waals surface area (Å²) in [5.41, 5.74) is 1.06. The minimum Gasteiger partial charge on any atom is -0.256 e. The van der Waals surface area contributed by atoms with Gasteiger partial charge in [0.2, 0.25) is 0 Å². The van der Waals surface area contributed by atoms with Crippen molar-refractivity contribution in [3.05, 3.63) is 65.0 Å². The van der Waals surface area contributed by atoms with E-state index >= 15 is 0 Å². The number of para-hydroxylation sites is 1. The number of fused-ring (bicyclic) bond motifs is 1. The lowest BCUT2D eigenvalue weighted by Crippen LogP contribution is -1.73. The molecule has 1 aromatic carbocycles. The molecule has 3 rings (SSSR count). The molecular formula is C14H13NS. The first kappa shape index (κ1) is 10.8. The van der Waals surface area contributed by atoms with Crippen LogP contribution in [0.4, 0.5) is 0 Å². The van der Waals surface area contributed by atoms with Gasteiger partial charge in [-0.3, -0.25) is 4.98 Å². The van der Waals surface area contributed by atoms with Gasteiger partial charge < -0.3 is 0 Å². The number of pyridine rings is 1. The van der Waals surface area contributed by atoms with E-state index in [1.165, 1.54) is 10.3 Å². The fraction of sp³-hybridized carbons (Fsp3) is 0.0714. The van der Waals surface area contributed by atoms with Crippen molar-refractivity contribution in [2.45, 2.75) is 6.92 Å². The van der Waals surface area contributed by atoms with Gasteiger partial charge in [0.05, 0.1) is 5.52 Å². The molecule has 0 bridgehead atoms. The van der Waals surface area contributed by atoms with Gasteiger partial charge in [0.1, 0.15) is 0 Å². The molecule has 0 aliphatic rings. The third-order valence-corrected chi connectivity index (χ3v) is 2.98. The lowest BCUT2D eigenvalue weighted by atomic mass is 10.2. The number of hydrogen-bond donors (Lipinski definition) is 0. The third kappa shape index (κ3) is 2.91. The highest BCUT2D eigenvalue weighted by Gasteiger charge is 1.86. The van der Waals surface area contributed by atoms with Crippen LogP contribution in [0, 0.1) is 6.92 Å². The predicted octanol–water partition coefficient (Wildman–Crippen LogP) is 4.29. The maximum absolute atomic E-state index is 4.18. The van der Waals surface area contributed by atoms with Crippen molar-refractivity contribution in [1.82, 2.24) is 4.98 Å². The fourth-order valence-electron chi connectivity index (χ4n) is 1.38. The van der Waals surface area contributed by atoms with Gasteiger partial charge in [0.15, 0.2) is 0 Å². The van der Waals surface area contributed by atoms with Crippen molar-refractivity contribution in [3.63, 3.8) is 0 Å². The highest BCUT2D eigenvalue weighted by molar-refractivity contribution is 7.09. The van der Waals surface area contributed by atoms with Crippen LogP contribution in [0.25, 0.3) is 10.9 Å². The summed E-state index contributed by atoms with van der Waals surface area (Å²) in [6.07, 6.45) is 1.81. The van der Waals surface area contributed by atoms with E-state index < -0.39 is 0 Å². The molecule has 0 atom stereocenters. The van der Waals surface area contributed by atoms with Gasteiger partial charge in [-0.1, -0.05) is 30.3 Å². The molecule has 0 unspecified atom stereocenters. The van der Waals surface area contributed by atoms with Gasteiger partial charge in [-0.25, -0.2) is 0 Å². The van der Waals surface area contributed by atoms with Crippen molar-refractivity contribution in [3.8, 4) is 0 Å². The molecule has 2 aromatic heterocycles. The summed E-state index contributed by atoms with van der Waals surface area (Å²) in [6, 6.07) is 16.2. The van der Waals surface area contributed by atoms with Crippen molar-refractivity contribution in [2.24, 2.45) is 0 Å². The molecule has 0 N–H and O–H groups in total. The summed E-state index contributed by atoms with van der Waals surface area (Å²) in [4.78, 5) is 5.57. The van der Waals surface area contributed by atoms with E-state index in [1.54, 1.807) is 11.3 Å². The van der Waals surface area contributed by atoms with E-state index in [9.17, 15) is 0 Å². The minimum absolute atomic E-state index is 1.06. The van der Waals surface area contributed by atoms with Crippen LogP contribution in [0.2, 0.25) is 0 Å². The molecule has 80 valence electrons. The first-order valence-electron chi connectivity index (χ1n) is 5.16. The van der Waals surface area contributed by atoms with E-state index in [0.717, 1.165) is 5.52 Å². The third-order valence-electron chi connectivity index (χ3n) is 2.18. The molecule has 1 nitrogen and oxygen atoms in total. The lowest BCUT2D eigenvalue weighted by Gasteiger charge is -1.91. The molecule has 0 amide bonds. The summed E-state index contributed by atoms with van der Waals surface area (Å²) < 4.78 is 0. The Bertz CT molecular complexity index is 478. The van der Waals surface area contributed by atoms with Crippen LogP contribution in [-0.2, 0) is 0 Å². The van der Waals surface area contributed by atoms with E-state index in [0.29, 0.717) is 0 Å². The maximum Gasteiger partial charge on any atom is 0.0701 e. The Kier molecular flexibility index (Phi) is 3.67. The Morgan fingerprint density at radius 3 is 2.38 bits per heavy atom. The van der Waals surface area contributed by atoms with Crippen LogP contribution in [-0.4, -0.2) is 4.98 Å². The van der Waals surface area contributed by atoms with Crippen molar-refractivity contribution in [2.75, 3.05) is 0 Å². The van der Waals surface area contributed by atoms with Gasteiger partial charge in [-0.15, -0.1) is 11.3 Å². The Morgan fingerprint density at radius 2 is 1.75 bits per heavy atom. The van der Waals surface area contributed by atoms with Gasteiger partial charge in [-0.05, 0) is 30.5 Å². The molecule has 0 aliphatic carbocycles. The molecule has 3 aromatic rings. The zero-order valence-electron chi connectivity index (χ0n) is 9.13. The summed E-state index contributed by atoms with van der Waals surface area (Å²) in [5, 5.41) is 3.28. The number of rotatable bonds is 0. The predicted molar refractivity (Wildman–Crippen MR) is 70.8 cm³/mol. The molecule has 0 saturated heterocycles. The molecule has 0 aliphatic heterocycles. The number of benzene rings is 1. The fourth-order valence-corrected chi connectivity index (χ4v) is 1.91. The molecule has 2 heterocycles. The number of nitrogens with zero attached hydrogens (tertiary/aromatic N) is 1. The van der Waals surface area contributed by atoms with Gasteiger partial charge >= 0.3 is 0 Å². The quantitative estimate of drug-likeness (QED) is 0.558. The van der Waals surface area contributed by atoms with Gasteiger partial charge in [0, 0.05) is 16.5 Å². The summed E-state index contributed by atoms with van der Waals surface area (Å²) in [5.74, 6) is 0. The average molecular weight is 227 g/mol. The van der Waals surface area contributed by atoms with Crippen LogP contribution >= 0.6 is 11.3 Å². The molecule has 0 radical (unpaired) electrons. The Labute approximate surface area is 99.4 Å². The second-order valence-corrected chi connectivity index (χ2v) is 4.57. The number of aryl methyl sites for hydroxylation is 1. The zero-order chi connectivity index (χ0) is 11.2. The monoisotopic (exact) mass is 227 g/mol. The lowest BCUT2D eigenvalue weighted by molar-refractivity contribution is 1.41. The standard InChI is InChI=1S/C9H7N.C5H6S/c1-2-6-9-8(4-1)5-3-7-10-9;1-5-3-2-4-6-5/h1-7H;2-4H,1H3. The van der Waals surface area contributed by atoms with Gasteiger partial charge in [0.25, 0.3) is 0 Å². The minimum atomic E-state index is 1.06. The molecule has 0 saturated carbocycles. The topological polar surface area (TPSA) is 12.9 Å². The molecule has 0 spiro atoms. The molecule has 2 heteroatoms. The van der Waals surface area contributed by atoms with Gasteiger partial charge in [-0.2, -0.15) is 0 Å². The first-order valence-corrected chi connectivity index (χ1v) is 6.04. The van der Waals surface area contributed by atoms with Crippen LogP contribution in [0.1, 0.15) is 4.88 Å². The Morgan fingerprint density at radius 1 is 0.938 bits per heavy atom. The van der Waals surface area contributed by atoms with Crippen LogP contribution in [0.3, 0.4) is 0 Å². The summed E-state index contributed by atoms with van der Waals surface area (Å²) >= 11 is 1.78. The van der Waals surface area contributed by atoms with Crippen LogP contribution in [0.5, 0.6) is 0 Å². The Hall–Kier alpha value is -1.67. The van der Waals surface area contributed by atoms with E-state index in [2.05, 4.69) is 41.6 Å². The maximum atomic E-state index is 4.18. The molecule has 0 fully saturated rings. The number of hydrogen-bond acceptors (Lipinski definition) is 2. The molecular weight excluding hydrogens is 214 g/mol. The molecule has 16 heavy (non-hydrogen) atoms. The van der Waals surface area contributed by atoms with E-state index in [-0.39, 0.29) is 0 Å². The smallest absolute Gasteiger partial charge is 0.0701 e. The largest absolute Gasteiger partial charge is 0.256 e. The second kappa shape index (κ2) is 5.42. The van der Waals surface area contributed by atoms with E-state index in [1.807, 2.05) is 30.5 Å². The highest BCUT2D eigenvalue weighted by Crippen LogP contribution is 2.07. The second-order valence-electron chi connectivity index (χ2n) is 3.42. The summed E-state index contributed by atoms with van der Waals surface area (Å²) in [7, 11) is 0. The summed E-state index contributed by atoms with van der Waals surface area (Å²) in [6.45, 7) is 2.10. The SMILES string of the molecule is Cc1cccs1.c1ccc2ncccc2c1. The zero-order valence-corrected chi connectivity index (χ0v) is 9.95. The number of aromatic nitrogens is 1. The van der Waals surface area contributed by atoms with Crippen molar-refractivity contribution >= 4 is 22.2 Å². The first-order chi connectivity index (χ1) is 7.86. The normalized spacial score (nSPS) is 9.56. The Balaban J connectivity index is 0.000000138. The van der Waals surface area contributed by atoms with Crippen LogP contribution < -0.4 is 0 Å². The average Bonchev–Trinajstić information content (AvgIpc) is 2.81. The number of thiophene rings is 1. The highest BCUT2D eigenvalue weighted by atomic mass is 32.1.